The molecule has 0 spiro atoms. The third-order valence-electron chi connectivity index (χ3n) is 3.54. The largest absolute Gasteiger partial charge is 0.497 e. The number of benzene rings is 1. The van der Waals surface area contributed by atoms with Crippen molar-refractivity contribution in [3.8, 4) is 11.5 Å². The van der Waals surface area contributed by atoms with Gasteiger partial charge in [-0.15, -0.1) is 0 Å². The Hall–Kier alpha value is -1.30. The first-order valence-corrected chi connectivity index (χ1v) is 7.99. The summed E-state index contributed by atoms with van der Waals surface area (Å²) in [5, 5.41) is 13.3. The molecule has 5 heteroatoms. The Morgan fingerprint density at radius 3 is 2.43 bits per heavy atom. The summed E-state index contributed by atoms with van der Waals surface area (Å²) in [6.07, 6.45) is -0.579. The molecule has 0 saturated heterocycles. The topological polar surface area (TPSA) is 60.0 Å². The average Bonchev–Trinajstić information content (AvgIpc) is 2.50. The monoisotopic (exact) mass is 325 g/mol. The lowest BCUT2D eigenvalue weighted by molar-refractivity contribution is 0.0964. The highest BCUT2D eigenvalue weighted by atomic mass is 16.5. The normalized spacial score (nSPS) is 14.4. The van der Waals surface area contributed by atoms with Crippen LogP contribution >= 0.6 is 0 Å². The maximum Gasteiger partial charge on any atom is 0.123 e. The van der Waals surface area contributed by atoms with Crippen LogP contribution in [0.4, 0.5) is 0 Å². The summed E-state index contributed by atoms with van der Waals surface area (Å²) >= 11 is 0. The van der Waals surface area contributed by atoms with Crippen LogP contribution in [0.25, 0.3) is 0 Å². The van der Waals surface area contributed by atoms with Crippen molar-refractivity contribution in [2.45, 2.75) is 45.3 Å². The van der Waals surface area contributed by atoms with Crippen molar-refractivity contribution in [1.29, 1.82) is 0 Å². The van der Waals surface area contributed by atoms with Crippen molar-refractivity contribution in [2.24, 2.45) is 0 Å². The number of hydrogen-bond acceptors (Lipinski definition) is 5. The van der Waals surface area contributed by atoms with Crippen LogP contribution < -0.4 is 14.8 Å². The smallest absolute Gasteiger partial charge is 0.123 e. The zero-order valence-electron chi connectivity index (χ0n) is 15.2. The molecule has 1 rings (SSSR count). The number of aliphatic hydroxyl groups excluding tert-OH is 1. The van der Waals surface area contributed by atoms with Gasteiger partial charge in [-0.05, 0) is 30.5 Å². The molecule has 0 aliphatic rings. The molecule has 132 valence electrons. The maximum absolute atomic E-state index is 10.1. The highest BCUT2D eigenvalue weighted by molar-refractivity contribution is 5.44. The van der Waals surface area contributed by atoms with Crippen LogP contribution in [0.2, 0.25) is 0 Å². The summed E-state index contributed by atoms with van der Waals surface area (Å²) in [4.78, 5) is 0. The first-order valence-electron chi connectivity index (χ1n) is 7.99. The minimum absolute atomic E-state index is 0.0694. The Labute approximate surface area is 139 Å². The molecule has 0 heterocycles. The van der Waals surface area contributed by atoms with E-state index in [1.807, 2.05) is 25.1 Å². The summed E-state index contributed by atoms with van der Waals surface area (Å²) in [6, 6.07) is 5.95. The van der Waals surface area contributed by atoms with E-state index in [9.17, 15) is 5.11 Å². The molecule has 1 aromatic carbocycles. The van der Waals surface area contributed by atoms with E-state index in [0.29, 0.717) is 13.2 Å². The average molecular weight is 325 g/mol. The minimum atomic E-state index is -0.579. The zero-order chi connectivity index (χ0) is 17.5. The SMILES string of the molecule is COC[C@H](C)NC[C@H](O)COc1ccc(OC)cc1C(C)(C)C. The van der Waals surface area contributed by atoms with Crippen molar-refractivity contribution in [3.63, 3.8) is 0 Å². The molecule has 0 aliphatic carbocycles. The van der Waals surface area contributed by atoms with Gasteiger partial charge in [-0.3, -0.25) is 0 Å². The Balaban J connectivity index is 2.63. The predicted molar refractivity (Wildman–Crippen MR) is 92.5 cm³/mol. The molecule has 23 heavy (non-hydrogen) atoms. The second-order valence-corrected chi connectivity index (χ2v) is 6.84. The second kappa shape index (κ2) is 9.11. The zero-order valence-corrected chi connectivity index (χ0v) is 15.2. The third-order valence-corrected chi connectivity index (χ3v) is 3.54. The van der Waals surface area contributed by atoms with Gasteiger partial charge < -0.3 is 24.6 Å². The van der Waals surface area contributed by atoms with Gasteiger partial charge in [-0.2, -0.15) is 0 Å². The van der Waals surface area contributed by atoms with Crippen LogP contribution in [0.1, 0.15) is 33.3 Å². The molecular weight excluding hydrogens is 294 g/mol. The van der Waals surface area contributed by atoms with E-state index < -0.39 is 6.10 Å². The van der Waals surface area contributed by atoms with Gasteiger partial charge in [-0.1, -0.05) is 20.8 Å². The first-order chi connectivity index (χ1) is 10.8. The number of aliphatic hydroxyl groups is 1. The summed E-state index contributed by atoms with van der Waals surface area (Å²) < 4.78 is 16.2. The third kappa shape index (κ3) is 6.77. The Kier molecular flexibility index (Phi) is 7.82. The molecular formula is C18H31NO4. The van der Waals surface area contributed by atoms with Gasteiger partial charge in [0.15, 0.2) is 0 Å². The van der Waals surface area contributed by atoms with Crippen LogP contribution in [0.15, 0.2) is 18.2 Å². The van der Waals surface area contributed by atoms with Gasteiger partial charge in [0.2, 0.25) is 0 Å². The van der Waals surface area contributed by atoms with Crippen LogP contribution in [0.3, 0.4) is 0 Å². The lowest BCUT2D eigenvalue weighted by atomic mass is 9.86. The molecule has 0 bridgehead atoms. The fourth-order valence-electron chi connectivity index (χ4n) is 2.24. The highest BCUT2D eigenvalue weighted by Crippen LogP contribution is 2.34. The van der Waals surface area contributed by atoms with E-state index in [2.05, 4.69) is 26.1 Å². The van der Waals surface area contributed by atoms with Crippen LogP contribution in [0.5, 0.6) is 11.5 Å². The fourth-order valence-corrected chi connectivity index (χ4v) is 2.24. The molecule has 1 aromatic rings. The van der Waals surface area contributed by atoms with Crippen molar-refractivity contribution in [3.05, 3.63) is 23.8 Å². The number of ether oxygens (including phenoxy) is 3. The molecule has 0 amide bonds. The Morgan fingerprint density at radius 2 is 1.87 bits per heavy atom. The van der Waals surface area contributed by atoms with E-state index in [1.165, 1.54) is 0 Å². The Bertz CT molecular complexity index is 471. The highest BCUT2D eigenvalue weighted by Gasteiger charge is 2.20. The molecule has 2 atom stereocenters. The summed E-state index contributed by atoms with van der Waals surface area (Å²) in [7, 11) is 3.31. The first kappa shape index (κ1) is 19.7. The molecule has 0 radical (unpaired) electrons. The van der Waals surface area contributed by atoms with Crippen LogP contribution in [-0.2, 0) is 10.2 Å². The van der Waals surface area contributed by atoms with Gasteiger partial charge in [-0.25, -0.2) is 0 Å². The van der Waals surface area contributed by atoms with Crippen molar-refractivity contribution >= 4 is 0 Å². The molecule has 2 N–H and O–H groups in total. The summed E-state index contributed by atoms with van der Waals surface area (Å²) in [5.41, 5.74) is 0.991. The maximum atomic E-state index is 10.1. The van der Waals surface area contributed by atoms with Gasteiger partial charge in [0.25, 0.3) is 0 Å². The van der Waals surface area contributed by atoms with Crippen LogP contribution in [-0.4, -0.2) is 51.2 Å². The number of rotatable bonds is 9. The van der Waals surface area contributed by atoms with E-state index in [4.69, 9.17) is 14.2 Å². The van der Waals surface area contributed by atoms with E-state index in [0.717, 1.165) is 17.1 Å². The molecule has 0 saturated carbocycles. The summed E-state index contributed by atoms with van der Waals surface area (Å²) in [5.74, 6) is 1.58. The molecule has 5 nitrogen and oxygen atoms in total. The lowest BCUT2D eigenvalue weighted by Gasteiger charge is -2.24. The Morgan fingerprint density at radius 1 is 1.17 bits per heavy atom. The second-order valence-electron chi connectivity index (χ2n) is 6.84. The molecule has 0 aromatic heterocycles. The number of nitrogens with one attached hydrogen (secondary N) is 1. The van der Waals surface area contributed by atoms with E-state index in [1.54, 1.807) is 14.2 Å². The van der Waals surface area contributed by atoms with Crippen molar-refractivity contribution < 1.29 is 19.3 Å². The quantitative estimate of drug-likeness (QED) is 0.730. The minimum Gasteiger partial charge on any atom is -0.497 e. The standard InChI is InChI=1S/C18H31NO4/c1-13(11-21-5)19-10-14(20)12-23-17-8-7-15(22-6)9-16(17)18(2,3)4/h7-9,13-14,19-20H,10-12H2,1-6H3/t13-,14-/m0/s1. The molecule has 0 aliphatic heterocycles. The van der Waals surface area contributed by atoms with Gasteiger partial charge >= 0.3 is 0 Å². The van der Waals surface area contributed by atoms with Gasteiger partial charge in [0.05, 0.1) is 13.7 Å². The molecule has 0 fully saturated rings. The van der Waals surface area contributed by atoms with Crippen molar-refractivity contribution in [2.75, 3.05) is 34.0 Å². The molecule has 0 unspecified atom stereocenters. The predicted octanol–water partition coefficient (Wildman–Crippen LogP) is 2.36. The number of methoxy groups -OCH3 is 2. The lowest BCUT2D eigenvalue weighted by Crippen LogP contribution is -2.38. The van der Waals surface area contributed by atoms with Gasteiger partial charge in [0.1, 0.15) is 24.2 Å². The number of hydrogen-bond donors (Lipinski definition) is 2. The summed E-state index contributed by atoms with van der Waals surface area (Å²) in [6.45, 7) is 9.70. The fraction of sp³-hybridized carbons (Fsp3) is 0.667. The van der Waals surface area contributed by atoms with Crippen LogP contribution in [0, 0.1) is 0 Å². The van der Waals surface area contributed by atoms with Gasteiger partial charge in [0, 0.05) is 25.3 Å². The van der Waals surface area contributed by atoms with Crippen molar-refractivity contribution in [1.82, 2.24) is 5.32 Å². The van der Waals surface area contributed by atoms with E-state index >= 15 is 0 Å². The van der Waals surface area contributed by atoms with E-state index in [-0.39, 0.29) is 18.1 Å².